The van der Waals surface area contributed by atoms with Gasteiger partial charge in [-0.05, 0) is 56.7 Å². The average molecular weight is 459 g/mol. The molecule has 0 bridgehead atoms. The van der Waals surface area contributed by atoms with Crippen LogP contribution in [0.3, 0.4) is 0 Å². The van der Waals surface area contributed by atoms with Crippen LogP contribution in [0.4, 0.5) is 5.69 Å². The van der Waals surface area contributed by atoms with Crippen LogP contribution in [0, 0.1) is 13.8 Å². The fourth-order valence-electron chi connectivity index (χ4n) is 3.47. The Hall–Kier alpha value is -3.84. The number of benzene rings is 3. The maximum atomic E-state index is 10.3. The lowest BCUT2D eigenvalue weighted by Crippen LogP contribution is -2.26. The molecule has 0 aliphatic rings. The summed E-state index contributed by atoms with van der Waals surface area (Å²) in [5, 5.41) is 18.1. The first-order valence-electron chi connectivity index (χ1n) is 11.4. The molecule has 7 heteroatoms. The highest BCUT2D eigenvalue weighted by atomic mass is 16.5. The number of para-hydroxylation sites is 1. The molecule has 1 atom stereocenters. The van der Waals surface area contributed by atoms with Gasteiger partial charge in [0, 0.05) is 17.8 Å². The van der Waals surface area contributed by atoms with Gasteiger partial charge in [0.15, 0.2) is 5.82 Å². The van der Waals surface area contributed by atoms with E-state index in [1.54, 1.807) is 4.68 Å². The quantitative estimate of drug-likeness (QED) is 0.355. The molecule has 2 N–H and O–H groups in total. The van der Waals surface area contributed by atoms with Crippen molar-refractivity contribution in [3.8, 4) is 28.8 Å². The molecule has 1 unspecified atom stereocenters. The lowest BCUT2D eigenvalue weighted by atomic mass is 10.1. The Morgan fingerprint density at radius 2 is 1.68 bits per heavy atom. The van der Waals surface area contributed by atoms with Gasteiger partial charge in [-0.25, -0.2) is 4.68 Å². The first-order chi connectivity index (χ1) is 16.5. The molecule has 0 aliphatic heterocycles. The highest BCUT2D eigenvalue weighted by Gasteiger charge is 2.15. The van der Waals surface area contributed by atoms with Crippen molar-refractivity contribution in [1.29, 1.82) is 0 Å². The van der Waals surface area contributed by atoms with Gasteiger partial charge in [0.05, 0.1) is 12.3 Å². The number of ether oxygens (including phenoxy) is 2. The van der Waals surface area contributed by atoms with Crippen molar-refractivity contribution in [3.63, 3.8) is 0 Å². The molecule has 4 rings (SSSR count). The summed E-state index contributed by atoms with van der Waals surface area (Å²) in [4.78, 5) is 4.58. The summed E-state index contributed by atoms with van der Waals surface area (Å²) >= 11 is 0. The van der Waals surface area contributed by atoms with E-state index in [0.717, 1.165) is 28.3 Å². The molecule has 1 aromatic heterocycles. The fraction of sp³-hybridized carbons (Fsp3) is 0.259. The van der Waals surface area contributed by atoms with E-state index in [4.69, 9.17) is 9.47 Å². The second-order valence-corrected chi connectivity index (χ2v) is 8.09. The predicted octanol–water partition coefficient (Wildman–Crippen LogP) is 4.80. The first-order valence-corrected chi connectivity index (χ1v) is 11.4. The van der Waals surface area contributed by atoms with Crippen LogP contribution in [0.1, 0.15) is 18.1 Å². The van der Waals surface area contributed by atoms with Crippen molar-refractivity contribution in [2.75, 3.05) is 25.1 Å². The van der Waals surface area contributed by atoms with E-state index < -0.39 is 6.10 Å². The summed E-state index contributed by atoms with van der Waals surface area (Å²) in [6.07, 6.45) is -0.642. The van der Waals surface area contributed by atoms with E-state index in [1.807, 2.05) is 74.5 Å². The minimum Gasteiger partial charge on any atom is -0.491 e. The molecule has 34 heavy (non-hydrogen) atoms. The zero-order valence-electron chi connectivity index (χ0n) is 19.7. The Labute approximate surface area is 200 Å². The predicted molar refractivity (Wildman–Crippen MR) is 134 cm³/mol. The second kappa shape index (κ2) is 10.9. The van der Waals surface area contributed by atoms with Crippen molar-refractivity contribution >= 4 is 5.69 Å². The van der Waals surface area contributed by atoms with Crippen LogP contribution in [0.5, 0.6) is 11.8 Å². The number of anilines is 1. The third-order valence-electron chi connectivity index (χ3n) is 5.35. The number of aromatic nitrogens is 3. The average Bonchev–Trinajstić information content (AvgIpc) is 3.27. The Morgan fingerprint density at radius 3 is 2.38 bits per heavy atom. The van der Waals surface area contributed by atoms with Crippen LogP contribution in [-0.4, -0.2) is 45.7 Å². The van der Waals surface area contributed by atoms with Crippen LogP contribution in [0.2, 0.25) is 0 Å². The van der Waals surface area contributed by atoms with E-state index in [1.165, 1.54) is 5.56 Å². The Morgan fingerprint density at radius 1 is 0.941 bits per heavy atom. The van der Waals surface area contributed by atoms with Gasteiger partial charge in [0.25, 0.3) is 0 Å². The smallest absolute Gasteiger partial charge is 0.336 e. The fourth-order valence-corrected chi connectivity index (χ4v) is 3.47. The summed E-state index contributed by atoms with van der Waals surface area (Å²) in [5.74, 6) is 1.50. The number of nitrogens with zero attached hydrogens (tertiary/aromatic N) is 3. The number of aryl methyl sites for hydroxylation is 2. The highest BCUT2D eigenvalue weighted by Crippen LogP contribution is 2.25. The summed E-state index contributed by atoms with van der Waals surface area (Å²) < 4.78 is 13.1. The Bertz CT molecular complexity index is 1200. The number of rotatable bonds is 10. The summed E-state index contributed by atoms with van der Waals surface area (Å²) in [6, 6.07) is 24.1. The Balaban J connectivity index is 1.42. The normalized spacial score (nSPS) is 11.8. The van der Waals surface area contributed by atoms with Crippen LogP contribution >= 0.6 is 0 Å². The number of aliphatic hydroxyl groups is 1. The summed E-state index contributed by atoms with van der Waals surface area (Å²) in [7, 11) is 0. The third kappa shape index (κ3) is 5.74. The minimum absolute atomic E-state index is 0.217. The van der Waals surface area contributed by atoms with Gasteiger partial charge < -0.3 is 19.9 Å². The lowest BCUT2D eigenvalue weighted by molar-refractivity contribution is 0.117. The summed E-state index contributed by atoms with van der Waals surface area (Å²) in [5.41, 5.74) is 4.94. The van der Waals surface area contributed by atoms with E-state index in [2.05, 4.69) is 34.5 Å². The van der Waals surface area contributed by atoms with Gasteiger partial charge in [0.2, 0.25) is 0 Å². The van der Waals surface area contributed by atoms with Gasteiger partial charge >= 0.3 is 6.01 Å². The van der Waals surface area contributed by atoms with Gasteiger partial charge in [-0.3, -0.25) is 0 Å². The largest absolute Gasteiger partial charge is 0.491 e. The van der Waals surface area contributed by atoms with Gasteiger partial charge in [-0.1, -0.05) is 48.0 Å². The van der Waals surface area contributed by atoms with E-state index in [9.17, 15) is 5.11 Å². The second-order valence-electron chi connectivity index (χ2n) is 8.09. The van der Waals surface area contributed by atoms with Gasteiger partial charge in [-0.2, -0.15) is 4.98 Å². The van der Waals surface area contributed by atoms with Crippen molar-refractivity contribution in [1.82, 2.24) is 14.8 Å². The number of hydrogen-bond donors (Lipinski definition) is 2. The van der Waals surface area contributed by atoms with Gasteiger partial charge in [0.1, 0.15) is 18.5 Å². The van der Waals surface area contributed by atoms with Crippen molar-refractivity contribution < 1.29 is 14.6 Å². The van der Waals surface area contributed by atoms with Crippen LogP contribution < -0.4 is 14.8 Å². The van der Waals surface area contributed by atoms with Crippen molar-refractivity contribution in [2.24, 2.45) is 0 Å². The van der Waals surface area contributed by atoms with Crippen LogP contribution in [0.25, 0.3) is 17.1 Å². The number of nitrogens with one attached hydrogen (secondary N) is 1. The van der Waals surface area contributed by atoms with Crippen LogP contribution in [-0.2, 0) is 0 Å². The SMILES string of the molecule is CCOc1nc(-c2ccc(C)cc2)n(-c2ccc(NCC(O)COc3ccccc3C)cc2)n1. The third-order valence-corrected chi connectivity index (χ3v) is 5.35. The molecular weight excluding hydrogens is 428 g/mol. The molecule has 0 saturated carbocycles. The molecule has 4 aromatic rings. The minimum atomic E-state index is -0.642. The molecule has 0 radical (unpaired) electrons. The monoisotopic (exact) mass is 458 g/mol. The number of aliphatic hydroxyl groups excluding tert-OH is 1. The highest BCUT2D eigenvalue weighted by molar-refractivity contribution is 5.60. The molecule has 0 amide bonds. The molecule has 0 fully saturated rings. The van der Waals surface area contributed by atoms with E-state index in [0.29, 0.717) is 25.0 Å². The standard InChI is InChI=1S/C27H30N4O3/c1-4-33-27-29-26(21-11-9-19(2)10-12-21)31(30-27)23-15-13-22(14-16-23)28-17-24(32)18-34-25-8-6-5-7-20(25)3/h5-16,24,28,32H,4,17-18H2,1-3H3. The molecule has 0 aliphatic carbocycles. The first kappa shape index (κ1) is 23.3. The maximum absolute atomic E-state index is 10.3. The summed E-state index contributed by atoms with van der Waals surface area (Å²) in [6.45, 7) is 7.03. The molecule has 1 heterocycles. The van der Waals surface area contributed by atoms with E-state index in [-0.39, 0.29) is 6.61 Å². The van der Waals surface area contributed by atoms with Gasteiger partial charge in [-0.15, -0.1) is 5.10 Å². The molecule has 0 spiro atoms. The zero-order chi connectivity index (χ0) is 23.9. The lowest BCUT2D eigenvalue weighted by Gasteiger charge is -2.15. The van der Waals surface area contributed by atoms with Crippen molar-refractivity contribution in [2.45, 2.75) is 26.9 Å². The number of hydrogen-bond acceptors (Lipinski definition) is 6. The topological polar surface area (TPSA) is 81.4 Å². The Kier molecular flexibility index (Phi) is 7.44. The molecule has 3 aromatic carbocycles. The van der Waals surface area contributed by atoms with Crippen molar-refractivity contribution in [3.05, 3.63) is 83.9 Å². The zero-order valence-corrected chi connectivity index (χ0v) is 19.7. The molecule has 0 saturated heterocycles. The van der Waals surface area contributed by atoms with Crippen LogP contribution in [0.15, 0.2) is 72.8 Å². The molecule has 176 valence electrons. The maximum Gasteiger partial charge on any atom is 0.336 e. The molecule has 7 nitrogen and oxygen atoms in total. The molecular formula is C27H30N4O3. The van der Waals surface area contributed by atoms with E-state index >= 15 is 0 Å².